The molecular weight excluding hydrogens is 232 g/mol. The summed E-state index contributed by atoms with van der Waals surface area (Å²) in [6, 6.07) is 4.82. The number of rotatable bonds is 7. The second-order valence-electron chi connectivity index (χ2n) is 3.66. The zero-order valence-electron chi connectivity index (χ0n) is 10.7. The van der Waals surface area contributed by atoms with Gasteiger partial charge in [0, 0.05) is 24.4 Å². The molecule has 0 spiro atoms. The Hall–Kier alpha value is -2.04. The van der Waals surface area contributed by atoms with Crippen LogP contribution < -0.4 is 10.1 Å². The van der Waals surface area contributed by atoms with Crippen LogP contribution in [-0.2, 0) is 0 Å². The van der Waals surface area contributed by atoms with Gasteiger partial charge in [0.2, 0.25) is 0 Å². The molecule has 1 aromatic rings. The minimum atomic E-state index is -0.436. The van der Waals surface area contributed by atoms with E-state index in [1.807, 2.05) is 13.0 Å². The van der Waals surface area contributed by atoms with Crippen LogP contribution in [-0.4, -0.2) is 18.1 Å². The molecule has 0 aliphatic rings. The highest BCUT2D eigenvalue weighted by Gasteiger charge is 2.14. The van der Waals surface area contributed by atoms with Gasteiger partial charge in [-0.25, -0.2) is 0 Å². The zero-order valence-corrected chi connectivity index (χ0v) is 10.7. The fourth-order valence-corrected chi connectivity index (χ4v) is 1.51. The van der Waals surface area contributed by atoms with E-state index < -0.39 is 4.92 Å². The molecule has 0 aliphatic heterocycles. The van der Waals surface area contributed by atoms with E-state index in [9.17, 15) is 10.1 Å². The molecule has 1 N–H and O–H groups in total. The SMILES string of the molecule is C/C=C/CCNc1ccc([N+](=O)[O-])c(OCC)c1. The minimum Gasteiger partial charge on any atom is -0.487 e. The molecule has 0 bridgehead atoms. The first-order valence-electron chi connectivity index (χ1n) is 5.95. The maximum atomic E-state index is 10.8. The van der Waals surface area contributed by atoms with Crippen LogP contribution in [0.5, 0.6) is 5.75 Å². The molecule has 1 aromatic carbocycles. The third kappa shape index (κ3) is 4.08. The molecule has 0 heterocycles. The monoisotopic (exact) mass is 250 g/mol. The van der Waals surface area contributed by atoms with Gasteiger partial charge in [-0.3, -0.25) is 10.1 Å². The van der Waals surface area contributed by atoms with E-state index in [1.165, 1.54) is 6.07 Å². The molecule has 0 fully saturated rings. The Kier molecular flexibility index (Phi) is 5.70. The summed E-state index contributed by atoms with van der Waals surface area (Å²) in [6.45, 7) is 4.96. The number of nitro benzene ring substituents is 1. The van der Waals surface area contributed by atoms with Gasteiger partial charge in [-0.05, 0) is 26.3 Å². The fraction of sp³-hybridized carbons (Fsp3) is 0.385. The summed E-state index contributed by atoms with van der Waals surface area (Å²) < 4.78 is 5.27. The lowest BCUT2D eigenvalue weighted by Gasteiger charge is -2.08. The molecule has 0 unspecified atom stereocenters. The van der Waals surface area contributed by atoms with Crippen LogP contribution in [0.4, 0.5) is 11.4 Å². The average Bonchev–Trinajstić information content (AvgIpc) is 2.35. The van der Waals surface area contributed by atoms with E-state index >= 15 is 0 Å². The lowest BCUT2D eigenvalue weighted by atomic mass is 10.2. The van der Waals surface area contributed by atoms with E-state index in [0.717, 1.165) is 18.7 Å². The van der Waals surface area contributed by atoms with Crippen LogP contribution >= 0.6 is 0 Å². The molecular formula is C13H18N2O3. The van der Waals surface area contributed by atoms with E-state index in [2.05, 4.69) is 11.4 Å². The van der Waals surface area contributed by atoms with Gasteiger partial charge >= 0.3 is 5.69 Å². The Morgan fingerprint density at radius 2 is 2.28 bits per heavy atom. The number of allylic oxidation sites excluding steroid dienone is 1. The Balaban J connectivity index is 2.76. The van der Waals surface area contributed by atoms with E-state index in [4.69, 9.17) is 4.74 Å². The molecule has 5 heteroatoms. The third-order valence-electron chi connectivity index (χ3n) is 2.33. The van der Waals surface area contributed by atoms with Crippen molar-refractivity contribution in [2.75, 3.05) is 18.5 Å². The van der Waals surface area contributed by atoms with Crippen molar-refractivity contribution < 1.29 is 9.66 Å². The first kappa shape index (κ1) is 14.0. The molecule has 5 nitrogen and oxygen atoms in total. The van der Waals surface area contributed by atoms with Gasteiger partial charge in [0.1, 0.15) is 0 Å². The Bertz CT molecular complexity index is 430. The Labute approximate surface area is 107 Å². The number of hydrogen-bond acceptors (Lipinski definition) is 4. The summed E-state index contributed by atoms with van der Waals surface area (Å²) in [5.41, 5.74) is 0.824. The number of nitrogens with one attached hydrogen (secondary N) is 1. The Morgan fingerprint density at radius 1 is 1.50 bits per heavy atom. The second-order valence-corrected chi connectivity index (χ2v) is 3.66. The van der Waals surface area contributed by atoms with Crippen LogP contribution in [0, 0.1) is 10.1 Å². The highest BCUT2D eigenvalue weighted by Crippen LogP contribution is 2.29. The minimum absolute atomic E-state index is 0.00384. The van der Waals surface area contributed by atoms with Crippen LogP contribution in [0.2, 0.25) is 0 Å². The van der Waals surface area contributed by atoms with Gasteiger partial charge < -0.3 is 10.1 Å². The van der Waals surface area contributed by atoms with Gasteiger partial charge in [0.25, 0.3) is 0 Å². The second kappa shape index (κ2) is 7.32. The predicted octanol–water partition coefficient (Wildman–Crippen LogP) is 3.37. The molecule has 18 heavy (non-hydrogen) atoms. The van der Waals surface area contributed by atoms with Crippen molar-refractivity contribution >= 4 is 11.4 Å². The van der Waals surface area contributed by atoms with Crippen LogP contribution in [0.3, 0.4) is 0 Å². The smallest absolute Gasteiger partial charge is 0.311 e. The van der Waals surface area contributed by atoms with Gasteiger partial charge in [0.15, 0.2) is 5.75 Å². The van der Waals surface area contributed by atoms with Gasteiger partial charge in [0.05, 0.1) is 11.5 Å². The summed E-state index contributed by atoms with van der Waals surface area (Å²) in [5, 5.41) is 14.0. The van der Waals surface area contributed by atoms with Gasteiger partial charge in [-0.2, -0.15) is 0 Å². The number of nitro groups is 1. The van der Waals surface area contributed by atoms with E-state index in [0.29, 0.717) is 12.4 Å². The Morgan fingerprint density at radius 3 is 2.89 bits per heavy atom. The topological polar surface area (TPSA) is 64.4 Å². The lowest BCUT2D eigenvalue weighted by molar-refractivity contribution is -0.385. The first-order valence-corrected chi connectivity index (χ1v) is 5.95. The summed E-state index contributed by atoms with van der Waals surface area (Å²) >= 11 is 0. The highest BCUT2D eigenvalue weighted by molar-refractivity contribution is 5.58. The van der Waals surface area contributed by atoms with Crippen LogP contribution in [0.25, 0.3) is 0 Å². The quantitative estimate of drug-likeness (QED) is 0.349. The number of nitrogens with zero attached hydrogens (tertiary/aromatic N) is 1. The maximum Gasteiger partial charge on any atom is 0.311 e. The standard InChI is InChI=1S/C13H18N2O3/c1-3-5-6-9-14-11-7-8-12(15(16)17)13(10-11)18-4-2/h3,5,7-8,10,14H,4,6,9H2,1-2H3/b5-3+. The first-order chi connectivity index (χ1) is 8.69. The molecule has 0 atom stereocenters. The number of benzene rings is 1. The molecule has 0 radical (unpaired) electrons. The van der Waals surface area contributed by atoms with Crippen molar-refractivity contribution in [3.63, 3.8) is 0 Å². The van der Waals surface area contributed by atoms with Crippen molar-refractivity contribution in [2.24, 2.45) is 0 Å². The van der Waals surface area contributed by atoms with E-state index in [-0.39, 0.29) is 5.69 Å². The van der Waals surface area contributed by atoms with Gasteiger partial charge in [-0.1, -0.05) is 12.2 Å². The number of hydrogen-bond donors (Lipinski definition) is 1. The summed E-state index contributed by atoms with van der Waals surface area (Å²) in [4.78, 5) is 10.4. The van der Waals surface area contributed by atoms with Crippen molar-refractivity contribution in [3.05, 3.63) is 40.5 Å². The summed E-state index contributed by atoms with van der Waals surface area (Å²) in [6.07, 6.45) is 4.96. The average molecular weight is 250 g/mol. The molecule has 0 aromatic heterocycles. The zero-order chi connectivity index (χ0) is 13.4. The molecule has 0 saturated heterocycles. The predicted molar refractivity (Wildman–Crippen MR) is 72.2 cm³/mol. The largest absolute Gasteiger partial charge is 0.487 e. The number of anilines is 1. The maximum absolute atomic E-state index is 10.8. The molecule has 1 rings (SSSR count). The fourth-order valence-electron chi connectivity index (χ4n) is 1.51. The molecule has 98 valence electrons. The van der Waals surface area contributed by atoms with Crippen molar-refractivity contribution in [1.29, 1.82) is 0 Å². The van der Waals surface area contributed by atoms with Crippen molar-refractivity contribution in [2.45, 2.75) is 20.3 Å². The lowest BCUT2D eigenvalue weighted by Crippen LogP contribution is -2.02. The van der Waals surface area contributed by atoms with E-state index in [1.54, 1.807) is 19.1 Å². The van der Waals surface area contributed by atoms with Crippen LogP contribution in [0.15, 0.2) is 30.4 Å². The normalized spacial score (nSPS) is 10.6. The van der Waals surface area contributed by atoms with Crippen LogP contribution in [0.1, 0.15) is 20.3 Å². The molecule has 0 aliphatic carbocycles. The number of ether oxygens (including phenoxy) is 1. The highest BCUT2D eigenvalue weighted by atomic mass is 16.6. The third-order valence-corrected chi connectivity index (χ3v) is 2.33. The van der Waals surface area contributed by atoms with Crippen molar-refractivity contribution in [3.8, 4) is 5.75 Å². The summed E-state index contributed by atoms with van der Waals surface area (Å²) in [5.74, 6) is 0.304. The molecule has 0 amide bonds. The molecule has 0 saturated carbocycles. The summed E-state index contributed by atoms with van der Waals surface area (Å²) in [7, 11) is 0. The van der Waals surface area contributed by atoms with Gasteiger partial charge in [-0.15, -0.1) is 0 Å². The van der Waals surface area contributed by atoms with Crippen molar-refractivity contribution in [1.82, 2.24) is 0 Å².